The van der Waals surface area contributed by atoms with Crippen molar-refractivity contribution in [1.29, 1.82) is 0 Å². The fourth-order valence-corrected chi connectivity index (χ4v) is 2.72. The van der Waals surface area contributed by atoms with E-state index in [0.717, 1.165) is 15.7 Å². The zero-order valence-corrected chi connectivity index (χ0v) is 13.5. The Balaban J connectivity index is 2.35. The van der Waals surface area contributed by atoms with E-state index in [-0.39, 0.29) is 5.82 Å². The van der Waals surface area contributed by atoms with Crippen molar-refractivity contribution in [1.82, 2.24) is 14.5 Å². The zero-order chi connectivity index (χ0) is 14.4. The first-order valence-corrected chi connectivity index (χ1v) is 7.31. The zero-order valence-electron chi connectivity index (χ0n) is 10.4. The molecule has 0 aliphatic rings. The maximum atomic E-state index is 13.5. The number of anilines is 1. The number of imidazole rings is 1. The van der Waals surface area contributed by atoms with Crippen molar-refractivity contribution >= 4 is 49.0 Å². The number of hydrogen-bond acceptors (Lipinski definition) is 3. The predicted octanol–water partition coefficient (Wildman–Crippen LogP) is 3.98. The third-order valence-electron chi connectivity index (χ3n) is 2.97. The Bertz CT molecular complexity index is 829. The first kappa shape index (κ1) is 13.5. The summed E-state index contributed by atoms with van der Waals surface area (Å²) in [5.74, 6) is -0.00264. The standard InChI is InChI=1S/C13H9Br2FN4/c1-6-2-9(16)8(15)4-11(6)20-12-10(19-13(20)17)3-7(14)5-18-12/h2-5H,1H3,(H2,17,19). The van der Waals surface area contributed by atoms with E-state index < -0.39 is 0 Å². The van der Waals surface area contributed by atoms with Crippen LogP contribution in [0.5, 0.6) is 0 Å². The molecule has 0 radical (unpaired) electrons. The fourth-order valence-electron chi connectivity index (χ4n) is 2.07. The van der Waals surface area contributed by atoms with Gasteiger partial charge in [0.1, 0.15) is 11.3 Å². The van der Waals surface area contributed by atoms with Crippen molar-refractivity contribution in [3.8, 4) is 5.69 Å². The summed E-state index contributed by atoms with van der Waals surface area (Å²) in [5, 5.41) is 0. The van der Waals surface area contributed by atoms with Crippen molar-refractivity contribution in [3.63, 3.8) is 0 Å². The Labute approximate surface area is 131 Å². The van der Waals surface area contributed by atoms with Gasteiger partial charge in [0.25, 0.3) is 0 Å². The van der Waals surface area contributed by atoms with Gasteiger partial charge in [-0.2, -0.15) is 0 Å². The van der Waals surface area contributed by atoms with Crippen LogP contribution < -0.4 is 5.73 Å². The number of aryl methyl sites for hydroxylation is 1. The van der Waals surface area contributed by atoms with Crippen LogP contribution in [0.4, 0.5) is 10.3 Å². The Kier molecular flexibility index (Phi) is 3.25. The molecule has 20 heavy (non-hydrogen) atoms. The van der Waals surface area contributed by atoms with Crippen LogP contribution in [-0.4, -0.2) is 14.5 Å². The van der Waals surface area contributed by atoms with Gasteiger partial charge >= 0.3 is 0 Å². The molecule has 2 N–H and O–H groups in total. The summed E-state index contributed by atoms with van der Waals surface area (Å²) in [5.41, 5.74) is 8.78. The summed E-state index contributed by atoms with van der Waals surface area (Å²) in [6, 6.07) is 4.96. The van der Waals surface area contributed by atoms with Crippen LogP contribution in [0.15, 0.2) is 33.3 Å². The van der Waals surface area contributed by atoms with Gasteiger partial charge in [0.15, 0.2) is 5.65 Å². The van der Waals surface area contributed by atoms with Crippen LogP contribution in [0.25, 0.3) is 16.9 Å². The molecule has 0 bridgehead atoms. The van der Waals surface area contributed by atoms with E-state index in [4.69, 9.17) is 5.73 Å². The molecule has 3 rings (SSSR count). The normalized spacial score (nSPS) is 11.2. The number of benzene rings is 1. The molecule has 0 saturated carbocycles. The summed E-state index contributed by atoms with van der Waals surface area (Å²) in [7, 11) is 0. The molecular formula is C13H9Br2FN4. The molecule has 0 unspecified atom stereocenters. The molecule has 102 valence electrons. The summed E-state index contributed by atoms with van der Waals surface area (Å²) in [4.78, 5) is 8.62. The van der Waals surface area contributed by atoms with Gasteiger partial charge in [-0.05, 0) is 62.5 Å². The van der Waals surface area contributed by atoms with Gasteiger partial charge in [-0.1, -0.05) is 0 Å². The second-order valence-corrected chi connectivity index (χ2v) is 6.12. The minimum atomic E-state index is -0.315. The average molecular weight is 400 g/mol. The van der Waals surface area contributed by atoms with Gasteiger partial charge in [-0.25, -0.2) is 14.4 Å². The quantitative estimate of drug-likeness (QED) is 0.673. The predicted molar refractivity (Wildman–Crippen MR) is 83.4 cm³/mol. The molecule has 3 aromatic rings. The van der Waals surface area contributed by atoms with Gasteiger partial charge in [0, 0.05) is 10.7 Å². The highest BCUT2D eigenvalue weighted by molar-refractivity contribution is 9.10. The Hall–Kier alpha value is -1.47. The number of nitrogen functional groups attached to an aromatic ring is 1. The SMILES string of the molecule is Cc1cc(F)c(Br)cc1-n1c(N)nc2cc(Br)cnc21. The van der Waals surface area contributed by atoms with Crippen LogP contribution >= 0.6 is 31.9 Å². The second-order valence-electron chi connectivity index (χ2n) is 4.35. The first-order chi connectivity index (χ1) is 9.47. The van der Waals surface area contributed by atoms with Gasteiger partial charge < -0.3 is 5.73 Å². The number of fused-ring (bicyclic) bond motifs is 1. The monoisotopic (exact) mass is 398 g/mol. The second kappa shape index (κ2) is 4.82. The average Bonchev–Trinajstić information content (AvgIpc) is 2.69. The molecule has 0 aliphatic heterocycles. The number of aromatic nitrogens is 3. The van der Waals surface area contributed by atoms with Gasteiger partial charge in [-0.15, -0.1) is 0 Å². The Morgan fingerprint density at radius 3 is 2.75 bits per heavy atom. The van der Waals surface area contributed by atoms with E-state index >= 15 is 0 Å². The summed E-state index contributed by atoms with van der Waals surface area (Å²) >= 11 is 6.54. The van der Waals surface area contributed by atoms with E-state index in [0.29, 0.717) is 21.6 Å². The van der Waals surface area contributed by atoms with Crippen molar-refractivity contribution in [3.05, 3.63) is 44.7 Å². The van der Waals surface area contributed by atoms with E-state index in [1.165, 1.54) is 6.07 Å². The molecular weight excluding hydrogens is 391 g/mol. The lowest BCUT2D eigenvalue weighted by Gasteiger charge is -2.10. The highest BCUT2D eigenvalue weighted by Crippen LogP contribution is 2.29. The number of pyridine rings is 1. The number of halogens is 3. The number of nitrogens with two attached hydrogens (primary N) is 1. The van der Waals surface area contributed by atoms with Crippen LogP contribution in [0.3, 0.4) is 0 Å². The number of hydrogen-bond donors (Lipinski definition) is 1. The highest BCUT2D eigenvalue weighted by atomic mass is 79.9. The van der Waals surface area contributed by atoms with Crippen molar-refractivity contribution in [2.45, 2.75) is 6.92 Å². The van der Waals surface area contributed by atoms with Crippen LogP contribution in [0.1, 0.15) is 5.56 Å². The minimum Gasteiger partial charge on any atom is -0.369 e. The Morgan fingerprint density at radius 1 is 1.25 bits per heavy atom. The van der Waals surface area contributed by atoms with Crippen LogP contribution in [-0.2, 0) is 0 Å². The van der Waals surface area contributed by atoms with E-state index in [2.05, 4.69) is 41.8 Å². The minimum absolute atomic E-state index is 0.312. The van der Waals surface area contributed by atoms with Gasteiger partial charge in [0.05, 0.1) is 10.2 Å². The number of nitrogens with zero attached hydrogens (tertiary/aromatic N) is 3. The molecule has 0 saturated heterocycles. The van der Waals surface area contributed by atoms with Crippen molar-refractivity contribution in [2.75, 3.05) is 5.73 Å². The van der Waals surface area contributed by atoms with Crippen molar-refractivity contribution < 1.29 is 4.39 Å². The Morgan fingerprint density at radius 2 is 2.00 bits per heavy atom. The molecule has 0 aliphatic carbocycles. The summed E-state index contributed by atoms with van der Waals surface area (Å²) in [6.07, 6.45) is 1.67. The lowest BCUT2D eigenvalue weighted by atomic mass is 10.2. The maximum absolute atomic E-state index is 13.5. The van der Waals surface area contributed by atoms with Gasteiger partial charge in [-0.3, -0.25) is 4.57 Å². The highest BCUT2D eigenvalue weighted by Gasteiger charge is 2.15. The molecule has 2 aromatic heterocycles. The first-order valence-electron chi connectivity index (χ1n) is 5.73. The number of rotatable bonds is 1. The molecule has 0 atom stereocenters. The largest absolute Gasteiger partial charge is 0.369 e. The van der Waals surface area contributed by atoms with Crippen LogP contribution in [0.2, 0.25) is 0 Å². The molecule has 0 amide bonds. The van der Waals surface area contributed by atoms with E-state index in [1.54, 1.807) is 16.8 Å². The summed E-state index contributed by atoms with van der Waals surface area (Å²) in [6.45, 7) is 1.81. The maximum Gasteiger partial charge on any atom is 0.207 e. The van der Waals surface area contributed by atoms with Crippen molar-refractivity contribution in [2.24, 2.45) is 0 Å². The van der Waals surface area contributed by atoms with Gasteiger partial charge in [0.2, 0.25) is 5.95 Å². The topological polar surface area (TPSA) is 56.7 Å². The molecule has 0 fully saturated rings. The molecule has 7 heteroatoms. The lowest BCUT2D eigenvalue weighted by Crippen LogP contribution is -2.04. The molecule has 2 heterocycles. The smallest absolute Gasteiger partial charge is 0.207 e. The third kappa shape index (κ3) is 2.10. The van der Waals surface area contributed by atoms with Crippen LogP contribution in [0, 0.1) is 12.7 Å². The van der Waals surface area contributed by atoms with E-state index in [9.17, 15) is 4.39 Å². The molecule has 4 nitrogen and oxygen atoms in total. The van der Waals surface area contributed by atoms with E-state index in [1.807, 2.05) is 13.0 Å². The summed E-state index contributed by atoms with van der Waals surface area (Å²) < 4.78 is 16.5. The molecule has 0 spiro atoms. The fraction of sp³-hybridized carbons (Fsp3) is 0.0769. The lowest BCUT2D eigenvalue weighted by molar-refractivity contribution is 0.619. The third-order valence-corrected chi connectivity index (χ3v) is 4.01. The molecule has 1 aromatic carbocycles.